The number of nitro benzene ring substituents is 1. The van der Waals surface area contributed by atoms with Crippen LogP contribution in [0, 0.1) is 10.1 Å². The van der Waals surface area contributed by atoms with Crippen molar-refractivity contribution in [1.82, 2.24) is 4.98 Å². The second-order valence-electron chi connectivity index (χ2n) is 3.82. The van der Waals surface area contributed by atoms with Crippen molar-refractivity contribution in [3.05, 3.63) is 56.1 Å². The Balaban J connectivity index is 2.40. The van der Waals surface area contributed by atoms with Gasteiger partial charge in [-0.15, -0.1) is 0 Å². The number of nitro groups is 1. The van der Waals surface area contributed by atoms with Crippen molar-refractivity contribution >= 4 is 49.1 Å². The quantitative estimate of drug-likeness (QED) is 0.489. The third-order valence-corrected chi connectivity index (χ3v) is 4.49. The van der Waals surface area contributed by atoms with Crippen LogP contribution < -0.4 is 4.72 Å². The number of benzene rings is 1. The SMILES string of the molecule is O=[N+]([O-])c1cc(S(=O)(=O)Nc2cccc(Br)n2)ccc1Cl. The van der Waals surface area contributed by atoms with E-state index in [0.717, 1.165) is 12.1 Å². The van der Waals surface area contributed by atoms with Crippen LogP contribution in [0.2, 0.25) is 5.02 Å². The molecule has 0 aliphatic carbocycles. The fourth-order valence-electron chi connectivity index (χ4n) is 1.46. The van der Waals surface area contributed by atoms with Crippen molar-refractivity contribution in [2.24, 2.45) is 0 Å². The summed E-state index contributed by atoms with van der Waals surface area (Å²) in [5.41, 5.74) is -0.484. The lowest BCUT2D eigenvalue weighted by atomic mass is 10.3. The monoisotopic (exact) mass is 391 g/mol. The van der Waals surface area contributed by atoms with E-state index < -0.39 is 20.6 Å². The van der Waals surface area contributed by atoms with Gasteiger partial charge in [0.15, 0.2) is 0 Å². The fourth-order valence-corrected chi connectivity index (χ4v) is 3.01. The molecule has 0 saturated carbocycles. The molecule has 0 aliphatic heterocycles. The van der Waals surface area contributed by atoms with Gasteiger partial charge in [-0.25, -0.2) is 13.4 Å². The Labute approximate surface area is 133 Å². The molecule has 2 rings (SSSR count). The molecular weight excluding hydrogens is 386 g/mol. The summed E-state index contributed by atoms with van der Waals surface area (Å²) >= 11 is 8.76. The van der Waals surface area contributed by atoms with Gasteiger partial charge in [0.25, 0.3) is 15.7 Å². The van der Waals surface area contributed by atoms with E-state index in [9.17, 15) is 18.5 Å². The molecule has 0 fully saturated rings. The summed E-state index contributed by atoms with van der Waals surface area (Å²) in [6.45, 7) is 0. The highest BCUT2D eigenvalue weighted by molar-refractivity contribution is 9.10. The largest absolute Gasteiger partial charge is 0.289 e. The first-order valence-electron chi connectivity index (χ1n) is 5.39. The average molecular weight is 393 g/mol. The molecular formula is C11H7BrClN3O4S. The van der Waals surface area contributed by atoms with E-state index in [1.165, 1.54) is 12.1 Å². The molecule has 1 heterocycles. The minimum Gasteiger partial charge on any atom is -0.263 e. The normalized spacial score (nSPS) is 11.1. The number of hydrogen-bond acceptors (Lipinski definition) is 5. The highest BCUT2D eigenvalue weighted by atomic mass is 79.9. The number of anilines is 1. The summed E-state index contributed by atoms with van der Waals surface area (Å²) in [6.07, 6.45) is 0. The van der Waals surface area contributed by atoms with Gasteiger partial charge in [0.2, 0.25) is 0 Å². The first-order chi connectivity index (χ1) is 9.79. The van der Waals surface area contributed by atoms with Crippen LogP contribution in [0.1, 0.15) is 0 Å². The predicted octanol–water partition coefficient (Wildman–Crippen LogP) is 3.21. The minimum absolute atomic E-state index is 0.0852. The zero-order valence-electron chi connectivity index (χ0n) is 10.2. The first-order valence-corrected chi connectivity index (χ1v) is 8.04. The summed E-state index contributed by atoms with van der Waals surface area (Å²) in [4.78, 5) is 13.7. The smallest absolute Gasteiger partial charge is 0.263 e. The number of hydrogen-bond donors (Lipinski definition) is 1. The lowest BCUT2D eigenvalue weighted by molar-refractivity contribution is -0.384. The maximum absolute atomic E-state index is 12.2. The van der Waals surface area contributed by atoms with Crippen LogP contribution in [0.3, 0.4) is 0 Å². The lowest BCUT2D eigenvalue weighted by Crippen LogP contribution is -2.14. The van der Waals surface area contributed by atoms with Gasteiger partial charge in [-0.2, -0.15) is 0 Å². The van der Waals surface area contributed by atoms with E-state index in [2.05, 4.69) is 25.6 Å². The van der Waals surface area contributed by atoms with Gasteiger partial charge < -0.3 is 0 Å². The van der Waals surface area contributed by atoms with E-state index >= 15 is 0 Å². The molecule has 21 heavy (non-hydrogen) atoms. The summed E-state index contributed by atoms with van der Waals surface area (Å²) in [7, 11) is -4.00. The molecule has 0 unspecified atom stereocenters. The molecule has 10 heteroatoms. The molecule has 1 N–H and O–H groups in total. The van der Waals surface area contributed by atoms with Crippen LogP contribution >= 0.6 is 27.5 Å². The van der Waals surface area contributed by atoms with E-state index in [1.54, 1.807) is 12.1 Å². The molecule has 0 spiro atoms. The number of halogens is 2. The number of nitrogens with one attached hydrogen (secondary N) is 1. The molecule has 0 radical (unpaired) electrons. The highest BCUT2D eigenvalue weighted by Gasteiger charge is 2.21. The second kappa shape index (κ2) is 5.96. The van der Waals surface area contributed by atoms with Crippen LogP contribution in [-0.2, 0) is 10.0 Å². The Morgan fingerprint density at radius 3 is 2.62 bits per heavy atom. The predicted molar refractivity (Wildman–Crippen MR) is 80.9 cm³/mol. The van der Waals surface area contributed by atoms with Crippen LogP contribution in [0.4, 0.5) is 11.5 Å². The van der Waals surface area contributed by atoms with E-state index in [0.29, 0.717) is 4.60 Å². The van der Waals surface area contributed by atoms with Gasteiger partial charge in [-0.3, -0.25) is 14.8 Å². The topological polar surface area (TPSA) is 102 Å². The third-order valence-electron chi connectivity index (χ3n) is 2.38. The lowest BCUT2D eigenvalue weighted by Gasteiger charge is -2.07. The number of pyridine rings is 1. The molecule has 0 aliphatic rings. The van der Waals surface area contributed by atoms with Gasteiger partial charge in [0.1, 0.15) is 15.4 Å². The molecule has 0 atom stereocenters. The van der Waals surface area contributed by atoms with Gasteiger partial charge in [-0.05, 0) is 40.2 Å². The first kappa shape index (κ1) is 15.7. The Kier molecular flexibility index (Phi) is 4.45. The molecule has 0 saturated heterocycles. The maximum atomic E-state index is 12.2. The standard InChI is InChI=1S/C11H7BrClN3O4S/c12-10-2-1-3-11(14-10)15-21(19,20)7-4-5-8(13)9(6-7)16(17)18/h1-6H,(H,14,15). The van der Waals surface area contributed by atoms with Crippen molar-refractivity contribution in [1.29, 1.82) is 0 Å². The number of rotatable bonds is 4. The maximum Gasteiger partial charge on any atom is 0.289 e. The summed E-state index contributed by atoms with van der Waals surface area (Å²) in [5, 5.41) is 10.7. The highest BCUT2D eigenvalue weighted by Crippen LogP contribution is 2.27. The van der Waals surface area contributed by atoms with Crippen molar-refractivity contribution in [3.8, 4) is 0 Å². The van der Waals surface area contributed by atoms with Gasteiger partial charge in [-0.1, -0.05) is 17.7 Å². The van der Waals surface area contributed by atoms with Crippen LogP contribution in [0.25, 0.3) is 0 Å². The molecule has 2 aromatic rings. The third kappa shape index (κ3) is 3.69. The van der Waals surface area contributed by atoms with E-state index in [1.807, 2.05) is 0 Å². The molecule has 7 nitrogen and oxygen atoms in total. The number of nitrogens with zero attached hydrogens (tertiary/aromatic N) is 2. The Hall–Kier alpha value is -1.71. The Morgan fingerprint density at radius 2 is 2.00 bits per heavy atom. The van der Waals surface area contributed by atoms with Crippen molar-refractivity contribution < 1.29 is 13.3 Å². The van der Waals surface area contributed by atoms with Gasteiger partial charge in [0, 0.05) is 6.07 Å². The van der Waals surface area contributed by atoms with Crippen molar-refractivity contribution in [2.75, 3.05) is 4.72 Å². The molecule has 110 valence electrons. The van der Waals surface area contributed by atoms with E-state index in [-0.39, 0.29) is 15.7 Å². The average Bonchev–Trinajstić information content (AvgIpc) is 2.38. The zero-order chi connectivity index (χ0) is 15.6. The Bertz CT molecular complexity index is 813. The van der Waals surface area contributed by atoms with Crippen molar-refractivity contribution in [3.63, 3.8) is 0 Å². The summed E-state index contributed by atoms with van der Waals surface area (Å²) < 4.78 is 27.0. The van der Waals surface area contributed by atoms with Gasteiger partial charge in [0.05, 0.1) is 9.82 Å². The number of aromatic nitrogens is 1. The summed E-state index contributed by atoms with van der Waals surface area (Å²) in [5.74, 6) is 0.0852. The van der Waals surface area contributed by atoms with Crippen LogP contribution in [0.15, 0.2) is 45.9 Å². The molecule has 0 amide bonds. The van der Waals surface area contributed by atoms with Crippen LogP contribution in [-0.4, -0.2) is 18.3 Å². The van der Waals surface area contributed by atoms with Crippen LogP contribution in [0.5, 0.6) is 0 Å². The van der Waals surface area contributed by atoms with E-state index in [4.69, 9.17) is 11.6 Å². The second-order valence-corrected chi connectivity index (χ2v) is 6.72. The van der Waals surface area contributed by atoms with Gasteiger partial charge >= 0.3 is 0 Å². The molecule has 1 aromatic heterocycles. The molecule has 1 aromatic carbocycles. The zero-order valence-corrected chi connectivity index (χ0v) is 13.3. The molecule has 0 bridgehead atoms. The number of sulfonamides is 1. The summed E-state index contributed by atoms with van der Waals surface area (Å²) in [6, 6.07) is 7.90. The fraction of sp³-hybridized carbons (Fsp3) is 0. The van der Waals surface area contributed by atoms with Crippen molar-refractivity contribution in [2.45, 2.75) is 4.90 Å². The minimum atomic E-state index is -4.00. The Morgan fingerprint density at radius 1 is 1.29 bits per heavy atom.